The molecule has 0 bridgehead atoms. The zero-order chi connectivity index (χ0) is 18.9. The second-order valence-electron chi connectivity index (χ2n) is 7.64. The van der Waals surface area contributed by atoms with E-state index in [2.05, 4.69) is 6.92 Å². The van der Waals surface area contributed by atoms with Gasteiger partial charge in [0.05, 0.1) is 12.2 Å². The van der Waals surface area contributed by atoms with Crippen LogP contribution in [0, 0.1) is 0 Å². The van der Waals surface area contributed by atoms with E-state index in [0.717, 1.165) is 12.8 Å². The minimum absolute atomic E-state index is 0.0499. The van der Waals surface area contributed by atoms with E-state index >= 15 is 0 Å². The standard InChI is InChI=1S/C21H43NO3/c1-4-5-6-7-8-9-10-11-12-13-14-15-16-21(25)22(17-19(2)23)18-20(3)24/h19-20,23-24H,4-18H2,1-3H3. The van der Waals surface area contributed by atoms with Gasteiger partial charge in [0.1, 0.15) is 0 Å². The molecule has 2 unspecified atom stereocenters. The van der Waals surface area contributed by atoms with Crippen molar-refractivity contribution in [3.63, 3.8) is 0 Å². The maximum atomic E-state index is 12.2. The van der Waals surface area contributed by atoms with Crippen molar-refractivity contribution in [2.75, 3.05) is 13.1 Å². The van der Waals surface area contributed by atoms with Gasteiger partial charge in [0.15, 0.2) is 0 Å². The van der Waals surface area contributed by atoms with E-state index in [1.165, 1.54) is 64.2 Å². The van der Waals surface area contributed by atoms with Crippen LogP contribution >= 0.6 is 0 Å². The van der Waals surface area contributed by atoms with Crippen LogP contribution in [-0.2, 0) is 4.79 Å². The first-order valence-corrected chi connectivity index (χ1v) is 10.6. The summed E-state index contributed by atoms with van der Waals surface area (Å²) in [5.41, 5.74) is 0. The topological polar surface area (TPSA) is 60.8 Å². The lowest BCUT2D eigenvalue weighted by Gasteiger charge is -2.25. The molecule has 0 saturated heterocycles. The molecule has 1 amide bonds. The SMILES string of the molecule is CCCCCCCCCCCCCCC(=O)N(CC(C)O)CC(C)O. The van der Waals surface area contributed by atoms with E-state index in [0.29, 0.717) is 19.5 Å². The number of hydrogen-bond donors (Lipinski definition) is 2. The van der Waals surface area contributed by atoms with Crippen LogP contribution < -0.4 is 0 Å². The van der Waals surface area contributed by atoms with Gasteiger partial charge in [-0.3, -0.25) is 4.79 Å². The maximum Gasteiger partial charge on any atom is 0.222 e. The average Bonchev–Trinajstić information content (AvgIpc) is 2.54. The van der Waals surface area contributed by atoms with Crippen LogP contribution in [0.1, 0.15) is 104 Å². The summed E-state index contributed by atoms with van der Waals surface area (Å²) in [4.78, 5) is 13.8. The van der Waals surface area contributed by atoms with Crippen molar-refractivity contribution >= 4 is 5.91 Å². The minimum Gasteiger partial charge on any atom is -0.392 e. The van der Waals surface area contributed by atoms with Gasteiger partial charge in [-0.25, -0.2) is 0 Å². The number of amides is 1. The van der Waals surface area contributed by atoms with Gasteiger partial charge in [0.2, 0.25) is 5.91 Å². The van der Waals surface area contributed by atoms with Crippen molar-refractivity contribution < 1.29 is 15.0 Å². The largest absolute Gasteiger partial charge is 0.392 e. The third-order valence-electron chi connectivity index (χ3n) is 4.57. The van der Waals surface area contributed by atoms with E-state index in [4.69, 9.17) is 0 Å². The van der Waals surface area contributed by atoms with Gasteiger partial charge >= 0.3 is 0 Å². The Morgan fingerprint density at radius 2 is 1.08 bits per heavy atom. The molecule has 0 aromatic rings. The molecule has 0 aliphatic carbocycles. The van der Waals surface area contributed by atoms with E-state index in [-0.39, 0.29) is 5.91 Å². The molecule has 0 spiro atoms. The highest BCUT2D eigenvalue weighted by Crippen LogP contribution is 2.13. The maximum absolute atomic E-state index is 12.2. The molecule has 0 heterocycles. The van der Waals surface area contributed by atoms with Crippen LogP contribution in [0.3, 0.4) is 0 Å². The van der Waals surface area contributed by atoms with Crippen LogP contribution in [0.25, 0.3) is 0 Å². The molecule has 0 saturated carbocycles. The molecule has 150 valence electrons. The Morgan fingerprint density at radius 3 is 1.44 bits per heavy atom. The Balaban J connectivity index is 3.57. The number of aliphatic hydroxyl groups excluding tert-OH is 2. The molecule has 2 N–H and O–H groups in total. The van der Waals surface area contributed by atoms with Crippen molar-refractivity contribution in [1.29, 1.82) is 0 Å². The van der Waals surface area contributed by atoms with Gasteiger partial charge in [0.25, 0.3) is 0 Å². The second kappa shape index (κ2) is 16.8. The first-order valence-electron chi connectivity index (χ1n) is 10.6. The zero-order valence-corrected chi connectivity index (χ0v) is 17.0. The smallest absolute Gasteiger partial charge is 0.222 e. The fourth-order valence-corrected chi connectivity index (χ4v) is 3.19. The first-order chi connectivity index (χ1) is 12.0. The average molecular weight is 358 g/mol. The lowest BCUT2D eigenvalue weighted by atomic mass is 10.0. The Hall–Kier alpha value is -0.610. The summed E-state index contributed by atoms with van der Waals surface area (Å²) in [7, 11) is 0. The lowest BCUT2D eigenvalue weighted by Crippen LogP contribution is -2.40. The molecule has 0 aliphatic rings. The van der Waals surface area contributed by atoms with E-state index in [1.54, 1.807) is 18.7 Å². The van der Waals surface area contributed by atoms with Gasteiger partial charge in [0, 0.05) is 19.5 Å². The number of unbranched alkanes of at least 4 members (excludes halogenated alkanes) is 11. The molecule has 0 aromatic heterocycles. The highest BCUT2D eigenvalue weighted by Gasteiger charge is 2.16. The lowest BCUT2D eigenvalue weighted by molar-refractivity contribution is -0.134. The fourth-order valence-electron chi connectivity index (χ4n) is 3.19. The molecule has 25 heavy (non-hydrogen) atoms. The highest BCUT2D eigenvalue weighted by molar-refractivity contribution is 5.76. The molecule has 0 aromatic carbocycles. The summed E-state index contributed by atoms with van der Waals surface area (Å²) in [5, 5.41) is 19.0. The predicted molar refractivity (Wildman–Crippen MR) is 106 cm³/mol. The summed E-state index contributed by atoms with van der Waals surface area (Å²) in [6.45, 7) is 6.22. The molecule has 0 aliphatic heterocycles. The number of rotatable bonds is 17. The summed E-state index contributed by atoms with van der Waals surface area (Å²) in [5.74, 6) is 0.0499. The summed E-state index contributed by atoms with van der Waals surface area (Å²) in [6, 6.07) is 0. The molecular weight excluding hydrogens is 314 g/mol. The Kier molecular flexibility index (Phi) is 16.4. The molecule has 2 atom stereocenters. The zero-order valence-electron chi connectivity index (χ0n) is 17.0. The summed E-state index contributed by atoms with van der Waals surface area (Å²) < 4.78 is 0. The van der Waals surface area contributed by atoms with Crippen LogP contribution in [0.2, 0.25) is 0 Å². The van der Waals surface area contributed by atoms with Crippen molar-refractivity contribution in [3.05, 3.63) is 0 Å². The quantitative estimate of drug-likeness (QED) is 0.372. The van der Waals surface area contributed by atoms with E-state index < -0.39 is 12.2 Å². The van der Waals surface area contributed by atoms with Crippen LogP contribution in [0.15, 0.2) is 0 Å². The summed E-state index contributed by atoms with van der Waals surface area (Å²) in [6.07, 6.45) is 14.8. The number of carbonyl (C=O) groups excluding carboxylic acids is 1. The fraction of sp³-hybridized carbons (Fsp3) is 0.952. The van der Waals surface area contributed by atoms with Gasteiger partial charge in [-0.2, -0.15) is 0 Å². The van der Waals surface area contributed by atoms with Crippen molar-refractivity contribution in [3.8, 4) is 0 Å². The van der Waals surface area contributed by atoms with Crippen LogP contribution in [-0.4, -0.2) is 46.3 Å². The molecule has 0 fully saturated rings. The first kappa shape index (κ1) is 24.4. The van der Waals surface area contributed by atoms with Crippen LogP contribution in [0.4, 0.5) is 0 Å². The highest BCUT2D eigenvalue weighted by atomic mass is 16.3. The molecule has 4 nitrogen and oxygen atoms in total. The van der Waals surface area contributed by atoms with E-state index in [1.807, 2.05) is 0 Å². The van der Waals surface area contributed by atoms with Gasteiger partial charge in [-0.1, -0.05) is 77.6 Å². The Morgan fingerprint density at radius 1 is 0.720 bits per heavy atom. The predicted octanol–water partition coefficient (Wildman–Crippen LogP) is 4.67. The molecule has 0 radical (unpaired) electrons. The van der Waals surface area contributed by atoms with Gasteiger partial charge in [-0.15, -0.1) is 0 Å². The normalized spacial score (nSPS) is 13.6. The van der Waals surface area contributed by atoms with Gasteiger partial charge in [-0.05, 0) is 20.3 Å². The summed E-state index contributed by atoms with van der Waals surface area (Å²) >= 11 is 0. The second-order valence-corrected chi connectivity index (χ2v) is 7.64. The minimum atomic E-state index is -0.551. The number of carbonyl (C=O) groups is 1. The van der Waals surface area contributed by atoms with Crippen LogP contribution in [0.5, 0.6) is 0 Å². The third kappa shape index (κ3) is 16.6. The Labute approximate surface area is 156 Å². The molecular formula is C21H43NO3. The number of aliphatic hydroxyl groups is 2. The van der Waals surface area contributed by atoms with Crippen molar-refractivity contribution in [2.45, 2.75) is 116 Å². The van der Waals surface area contributed by atoms with Crippen molar-refractivity contribution in [1.82, 2.24) is 4.90 Å². The molecule has 4 heteroatoms. The monoisotopic (exact) mass is 357 g/mol. The third-order valence-corrected chi connectivity index (χ3v) is 4.57. The van der Waals surface area contributed by atoms with Crippen molar-refractivity contribution in [2.24, 2.45) is 0 Å². The molecule has 0 rings (SSSR count). The van der Waals surface area contributed by atoms with Gasteiger partial charge < -0.3 is 15.1 Å². The number of hydrogen-bond acceptors (Lipinski definition) is 3. The Bertz CT molecular complexity index is 296. The van der Waals surface area contributed by atoms with E-state index in [9.17, 15) is 15.0 Å². The number of nitrogens with zero attached hydrogens (tertiary/aromatic N) is 1.